The maximum Gasteiger partial charge on any atom is 0.272 e. The lowest BCUT2D eigenvalue weighted by Gasteiger charge is -2.14. The topological polar surface area (TPSA) is 185 Å². The zero-order valence-electron chi connectivity index (χ0n) is 17.0. The predicted octanol–water partition coefficient (Wildman–Crippen LogP) is -0.688. The molecular weight excluding hydrogens is 450 g/mol. The molecule has 0 saturated heterocycles. The van der Waals surface area contributed by atoms with Crippen molar-refractivity contribution < 1.29 is 26.8 Å². The van der Waals surface area contributed by atoms with Gasteiger partial charge in [0.2, 0.25) is 11.9 Å². The van der Waals surface area contributed by atoms with Crippen molar-refractivity contribution in [2.75, 3.05) is 18.9 Å². The van der Waals surface area contributed by atoms with E-state index in [0.717, 1.165) is 16.7 Å². The van der Waals surface area contributed by atoms with Gasteiger partial charge in [-0.3, -0.25) is 9.59 Å². The van der Waals surface area contributed by atoms with E-state index < -0.39 is 50.1 Å². The van der Waals surface area contributed by atoms with E-state index in [1.54, 1.807) is 0 Å². The van der Waals surface area contributed by atoms with Crippen molar-refractivity contribution in [2.45, 2.75) is 24.1 Å². The second kappa shape index (κ2) is 10.1. The summed E-state index contributed by atoms with van der Waals surface area (Å²) in [6, 6.07) is 3.80. The molecule has 0 saturated carbocycles. The fourth-order valence-electron chi connectivity index (χ4n) is 2.76. The first-order chi connectivity index (χ1) is 14.9. The van der Waals surface area contributed by atoms with E-state index in [0.29, 0.717) is 6.07 Å². The lowest BCUT2D eigenvalue weighted by Crippen LogP contribution is -2.37. The summed E-state index contributed by atoms with van der Waals surface area (Å²) in [7, 11) is -4.35. The molecule has 0 aliphatic carbocycles. The number of nitrogen functional groups attached to an aromatic ring is 1. The van der Waals surface area contributed by atoms with E-state index in [9.17, 15) is 26.8 Å². The Balaban J connectivity index is 2.25. The molecule has 1 heterocycles. The van der Waals surface area contributed by atoms with E-state index in [4.69, 9.17) is 22.0 Å². The van der Waals surface area contributed by atoms with E-state index >= 15 is 0 Å². The molecule has 0 fully saturated rings. The minimum absolute atomic E-state index is 0.0136. The number of benzene rings is 1. The number of hydrogen-bond acceptors (Lipinski definition) is 7. The quantitative estimate of drug-likeness (QED) is 0.160. The number of anilines is 1. The zero-order chi connectivity index (χ0) is 24.1. The fraction of sp³-hybridized carbons (Fsp3) is 0.278. The third-order valence-electron chi connectivity index (χ3n) is 4.13. The van der Waals surface area contributed by atoms with Gasteiger partial charge in [0.15, 0.2) is 26.4 Å². The highest BCUT2D eigenvalue weighted by molar-refractivity contribution is 7.90. The van der Waals surface area contributed by atoms with Crippen LogP contribution in [0.3, 0.4) is 0 Å². The maximum atomic E-state index is 13.4. The Morgan fingerprint density at radius 2 is 1.91 bits per heavy atom. The highest BCUT2D eigenvalue weighted by atomic mass is 32.2. The summed E-state index contributed by atoms with van der Waals surface area (Å²) >= 11 is 0. The summed E-state index contributed by atoms with van der Waals surface area (Å²) in [6.45, 7) is 0.937. The van der Waals surface area contributed by atoms with Gasteiger partial charge in [-0.1, -0.05) is 6.07 Å². The van der Waals surface area contributed by atoms with Gasteiger partial charge < -0.3 is 31.9 Å². The number of nitrogens with zero attached hydrogens (tertiary/aromatic N) is 2. The molecule has 14 heteroatoms. The molecule has 0 unspecified atom stereocenters. The largest absolute Gasteiger partial charge is 0.397 e. The number of carbonyl (C=O) groups is 1. The highest BCUT2D eigenvalue weighted by Crippen LogP contribution is 2.21. The number of nitrogens with one attached hydrogen (secondary N) is 1. The highest BCUT2D eigenvalue weighted by Gasteiger charge is 2.26. The first-order valence-electron chi connectivity index (χ1n) is 9.06. The molecule has 1 aromatic carbocycles. The Hall–Kier alpha value is -3.68. The van der Waals surface area contributed by atoms with E-state index in [1.165, 1.54) is 13.0 Å². The van der Waals surface area contributed by atoms with Crippen LogP contribution in [0, 0.1) is 18.6 Å². The summed E-state index contributed by atoms with van der Waals surface area (Å²) in [5, 5.41) is 5.72. The number of pyridine rings is 1. The fourth-order valence-corrected chi connectivity index (χ4v) is 4.32. The van der Waals surface area contributed by atoms with Crippen LogP contribution in [0.25, 0.3) is 0 Å². The molecule has 2 aromatic rings. The van der Waals surface area contributed by atoms with Gasteiger partial charge in [0, 0.05) is 5.69 Å². The van der Waals surface area contributed by atoms with E-state index in [2.05, 4.69) is 10.5 Å². The van der Waals surface area contributed by atoms with Crippen LogP contribution in [0.4, 0.5) is 14.5 Å². The SMILES string of the molecule is Cc1cc(N)c(S(=O)(=O)Cc2ccc(F)c(F)c2)c(=O)n1CC(=O)NCCON=C(N)N. The molecule has 0 atom stereocenters. The second-order valence-corrected chi connectivity index (χ2v) is 8.59. The number of aromatic nitrogens is 1. The smallest absolute Gasteiger partial charge is 0.272 e. The minimum atomic E-state index is -4.35. The molecule has 0 radical (unpaired) electrons. The van der Waals surface area contributed by atoms with Gasteiger partial charge in [0.1, 0.15) is 13.2 Å². The monoisotopic (exact) mass is 472 g/mol. The van der Waals surface area contributed by atoms with Crippen LogP contribution in [-0.4, -0.2) is 38.0 Å². The molecule has 0 aliphatic heterocycles. The number of amides is 1. The van der Waals surface area contributed by atoms with Gasteiger partial charge >= 0.3 is 0 Å². The normalized spacial score (nSPS) is 11.1. The van der Waals surface area contributed by atoms with E-state index in [1.807, 2.05) is 0 Å². The van der Waals surface area contributed by atoms with Crippen molar-refractivity contribution in [1.29, 1.82) is 0 Å². The van der Waals surface area contributed by atoms with Gasteiger partial charge in [-0.2, -0.15) is 0 Å². The van der Waals surface area contributed by atoms with Crippen LogP contribution in [0.15, 0.2) is 39.1 Å². The molecule has 0 aliphatic rings. The Bertz CT molecular complexity index is 1210. The Kier molecular flexibility index (Phi) is 7.75. The summed E-state index contributed by atoms with van der Waals surface area (Å²) in [5.74, 6) is -4.07. The molecule has 174 valence electrons. The van der Waals surface area contributed by atoms with Gasteiger partial charge in [-0.05, 0) is 35.8 Å². The van der Waals surface area contributed by atoms with Crippen LogP contribution in [-0.2, 0) is 31.8 Å². The lowest BCUT2D eigenvalue weighted by molar-refractivity contribution is -0.122. The third kappa shape index (κ3) is 6.16. The summed E-state index contributed by atoms with van der Waals surface area (Å²) in [6.07, 6.45) is 0. The molecule has 7 N–H and O–H groups in total. The predicted molar refractivity (Wildman–Crippen MR) is 112 cm³/mol. The van der Waals surface area contributed by atoms with E-state index in [-0.39, 0.29) is 36.1 Å². The van der Waals surface area contributed by atoms with Crippen LogP contribution in [0.1, 0.15) is 11.3 Å². The first kappa shape index (κ1) is 24.6. The second-order valence-electron chi connectivity index (χ2n) is 6.67. The van der Waals surface area contributed by atoms with Gasteiger partial charge in [0.05, 0.1) is 18.0 Å². The Labute approximate surface area is 181 Å². The number of halogens is 2. The van der Waals surface area contributed by atoms with Gasteiger partial charge in [0.25, 0.3) is 5.56 Å². The van der Waals surface area contributed by atoms with Crippen molar-refractivity contribution in [3.8, 4) is 0 Å². The van der Waals surface area contributed by atoms with Crippen LogP contribution < -0.4 is 28.1 Å². The average molecular weight is 472 g/mol. The van der Waals surface area contributed by atoms with Gasteiger partial charge in [-0.25, -0.2) is 17.2 Å². The summed E-state index contributed by atoms with van der Waals surface area (Å²) in [5.41, 5.74) is 14.8. The number of sulfone groups is 1. The number of aryl methyl sites for hydroxylation is 1. The van der Waals surface area contributed by atoms with Crippen molar-refractivity contribution in [2.24, 2.45) is 16.6 Å². The number of hydrogen-bond donors (Lipinski definition) is 4. The Morgan fingerprint density at radius 3 is 2.53 bits per heavy atom. The molecule has 2 rings (SSSR count). The zero-order valence-corrected chi connectivity index (χ0v) is 17.8. The molecule has 0 spiro atoms. The average Bonchev–Trinajstić information content (AvgIpc) is 2.66. The molecule has 0 bridgehead atoms. The molecule has 32 heavy (non-hydrogen) atoms. The summed E-state index contributed by atoms with van der Waals surface area (Å²) < 4.78 is 53.1. The van der Waals surface area contributed by atoms with Crippen molar-refractivity contribution in [3.05, 3.63) is 57.5 Å². The number of carbonyl (C=O) groups excluding carboxylic acids is 1. The molecular formula is C18H22F2N6O5S. The minimum Gasteiger partial charge on any atom is -0.397 e. The first-order valence-corrected chi connectivity index (χ1v) is 10.7. The van der Waals surface area contributed by atoms with Crippen molar-refractivity contribution in [3.63, 3.8) is 0 Å². The lowest BCUT2D eigenvalue weighted by atomic mass is 10.2. The molecule has 1 aromatic heterocycles. The Morgan fingerprint density at radius 1 is 1.22 bits per heavy atom. The van der Waals surface area contributed by atoms with Crippen molar-refractivity contribution >= 4 is 27.4 Å². The molecule has 1 amide bonds. The van der Waals surface area contributed by atoms with Gasteiger partial charge in [-0.15, -0.1) is 0 Å². The van der Waals surface area contributed by atoms with Crippen LogP contribution >= 0.6 is 0 Å². The standard InChI is InChI=1S/C18H22F2N6O5S/c1-10-6-14(21)16(32(29,30)9-11-2-3-12(19)13(20)7-11)17(28)26(10)8-15(27)24-4-5-31-25-18(22)23/h2-3,6-7H,4-5,8-9,21H2,1H3,(H,24,27)(H4,22,23,25). The van der Waals surface area contributed by atoms with Crippen LogP contribution in [0.5, 0.6) is 0 Å². The van der Waals surface area contributed by atoms with Crippen LogP contribution in [0.2, 0.25) is 0 Å². The third-order valence-corrected chi connectivity index (χ3v) is 5.88. The summed E-state index contributed by atoms with van der Waals surface area (Å²) in [4.78, 5) is 29.0. The number of guanidine groups is 1. The molecule has 11 nitrogen and oxygen atoms in total. The van der Waals surface area contributed by atoms with Crippen molar-refractivity contribution in [1.82, 2.24) is 9.88 Å². The maximum absolute atomic E-state index is 13.4. The number of nitrogens with two attached hydrogens (primary N) is 3. The number of rotatable bonds is 9. The number of oxime groups is 1.